The first-order valence-corrected chi connectivity index (χ1v) is 3.46. The smallest absolute Gasteiger partial charge is 0.344 e. The van der Waals surface area contributed by atoms with Gasteiger partial charge in [-0.15, -0.1) is 0 Å². The molecular weight excluding hydrogens is 168 g/mol. The monoisotopic (exact) mass is 174 g/mol. The van der Waals surface area contributed by atoms with Crippen molar-refractivity contribution in [1.29, 1.82) is 0 Å². The minimum absolute atomic E-state index is 0.0579. The van der Waals surface area contributed by atoms with Crippen molar-refractivity contribution in [2.45, 2.75) is 0 Å². The number of anilines is 1. The van der Waals surface area contributed by atoms with Crippen LogP contribution in [0.5, 0.6) is 5.88 Å². The lowest BCUT2D eigenvalue weighted by Gasteiger charge is -1.94. The number of hydrogen-bond acceptors (Lipinski definition) is 5. The van der Waals surface area contributed by atoms with Crippen LogP contribution in [0.3, 0.4) is 0 Å². The number of aromatic carboxylic acids is 1. The minimum atomic E-state index is -1.12. The number of nitrogens with zero attached hydrogens (tertiary/aromatic N) is 1. The van der Waals surface area contributed by atoms with Crippen LogP contribution in [0.25, 0.3) is 0 Å². The van der Waals surface area contributed by atoms with Crippen LogP contribution in [0.2, 0.25) is 0 Å². The number of carboxylic acid groups (broad SMARTS) is 1. The van der Waals surface area contributed by atoms with Gasteiger partial charge in [-0.25, -0.2) is 4.79 Å². The van der Waals surface area contributed by atoms with Crippen molar-refractivity contribution < 1.29 is 14.6 Å². The maximum atomic E-state index is 10.5. The van der Waals surface area contributed by atoms with Gasteiger partial charge in [-0.05, 0) is 11.5 Å². The molecule has 0 atom stereocenters. The van der Waals surface area contributed by atoms with Gasteiger partial charge < -0.3 is 15.6 Å². The van der Waals surface area contributed by atoms with Crippen LogP contribution in [-0.4, -0.2) is 22.6 Å². The molecule has 1 aromatic heterocycles. The topological polar surface area (TPSA) is 85.4 Å². The van der Waals surface area contributed by atoms with Crippen molar-refractivity contribution in [3.05, 3.63) is 5.56 Å². The predicted octanol–water partition coefficient (Wildman–Crippen LogP) is 0.432. The van der Waals surface area contributed by atoms with Gasteiger partial charge in [0.1, 0.15) is 5.00 Å². The molecule has 6 heteroatoms. The molecule has 11 heavy (non-hydrogen) atoms. The highest BCUT2D eigenvalue weighted by Crippen LogP contribution is 2.26. The molecule has 0 fully saturated rings. The molecule has 1 rings (SSSR count). The van der Waals surface area contributed by atoms with Crippen molar-refractivity contribution >= 4 is 22.5 Å². The molecule has 0 aliphatic rings. The molecule has 0 spiro atoms. The van der Waals surface area contributed by atoms with Crippen LogP contribution in [0.4, 0.5) is 5.00 Å². The van der Waals surface area contributed by atoms with Crippen molar-refractivity contribution in [1.82, 2.24) is 4.37 Å². The number of rotatable bonds is 2. The number of methoxy groups -OCH3 is 1. The molecule has 0 amide bonds. The lowest BCUT2D eigenvalue weighted by atomic mass is 10.3. The van der Waals surface area contributed by atoms with Crippen LogP contribution in [-0.2, 0) is 0 Å². The second kappa shape index (κ2) is 2.75. The second-order valence-electron chi connectivity index (χ2n) is 1.74. The number of aromatic nitrogens is 1. The van der Waals surface area contributed by atoms with E-state index in [4.69, 9.17) is 10.8 Å². The summed E-state index contributed by atoms with van der Waals surface area (Å²) in [6.45, 7) is 0. The molecule has 0 radical (unpaired) electrons. The third-order valence-electron chi connectivity index (χ3n) is 1.09. The van der Waals surface area contributed by atoms with Gasteiger partial charge in [-0.2, -0.15) is 4.37 Å². The van der Waals surface area contributed by atoms with Crippen LogP contribution in [0.1, 0.15) is 10.4 Å². The summed E-state index contributed by atoms with van der Waals surface area (Å²) in [4.78, 5) is 10.5. The standard InChI is InChI=1S/C5H6N2O3S/c1-10-4-2(5(8)9)3(6)11-7-4/h6H2,1H3,(H,8,9). The SMILES string of the molecule is COc1nsc(N)c1C(=O)O. The average Bonchev–Trinajstić information content (AvgIpc) is 2.30. The first-order valence-electron chi connectivity index (χ1n) is 2.69. The summed E-state index contributed by atoms with van der Waals surface area (Å²) >= 11 is 0.906. The average molecular weight is 174 g/mol. The van der Waals surface area contributed by atoms with Gasteiger partial charge in [0.2, 0.25) is 5.88 Å². The van der Waals surface area contributed by atoms with Gasteiger partial charge in [-0.3, -0.25) is 0 Å². The highest BCUT2D eigenvalue weighted by atomic mass is 32.1. The van der Waals surface area contributed by atoms with Gasteiger partial charge in [-0.1, -0.05) is 0 Å². The van der Waals surface area contributed by atoms with E-state index in [1.165, 1.54) is 7.11 Å². The molecule has 1 heterocycles. The zero-order chi connectivity index (χ0) is 8.43. The fourth-order valence-electron chi connectivity index (χ4n) is 0.624. The Morgan fingerprint density at radius 1 is 1.82 bits per heavy atom. The van der Waals surface area contributed by atoms with E-state index in [1.807, 2.05) is 0 Å². The molecule has 0 bridgehead atoms. The number of hydrogen-bond donors (Lipinski definition) is 2. The van der Waals surface area contributed by atoms with Crippen molar-refractivity contribution in [3.63, 3.8) is 0 Å². The third-order valence-corrected chi connectivity index (χ3v) is 1.75. The van der Waals surface area contributed by atoms with E-state index in [1.54, 1.807) is 0 Å². The molecule has 1 aromatic rings. The molecule has 0 aliphatic carbocycles. The maximum absolute atomic E-state index is 10.5. The normalized spacial score (nSPS) is 9.55. The fourth-order valence-corrected chi connectivity index (χ4v) is 1.24. The highest BCUT2D eigenvalue weighted by Gasteiger charge is 2.18. The van der Waals surface area contributed by atoms with E-state index in [-0.39, 0.29) is 16.4 Å². The number of nitrogen functional groups attached to an aromatic ring is 1. The van der Waals surface area contributed by atoms with Crippen LogP contribution < -0.4 is 10.5 Å². The van der Waals surface area contributed by atoms with E-state index in [2.05, 4.69) is 9.11 Å². The number of carbonyl (C=O) groups is 1. The van der Waals surface area contributed by atoms with Crippen molar-refractivity contribution in [2.24, 2.45) is 0 Å². The van der Waals surface area contributed by atoms with Gasteiger partial charge >= 0.3 is 5.97 Å². The molecule has 3 N–H and O–H groups in total. The molecule has 0 aliphatic heterocycles. The van der Waals surface area contributed by atoms with Crippen LogP contribution in [0, 0.1) is 0 Å². The third kappa shape index (κ3) is 1.25. The molecule has 0 saturated heterocycles. The zero-order valence-corrected chi connectivity index (χ0v) is 6.51. The van der Waals surface area contributed by atoms with Crippen LogP contribution in [0.15, 0.2) is 0 Å². The lowest BCUT2D eigenvalue weighted by molar-refractivity contribution is 0.0694. The van der Waals surface area contributed by atoms with Crippen molar-refractivity contribution in [3.8, 4) is 5.88 Å². The van der Waals surface area contributed by atoms with E-state index < -0.39 is 5.97 Å². The summed E-state index contributed by atoms with van der Waals surface area (Å²) in [5, 5.41) is 8.73. The van der Waals surface area contributed by atoms with Gasteiger partial charge in [0.05, 0.1) is 7.11 Å². The largest absolute Gasteiger partial charge is 0.480 e. The lowest BCUT2D eigenvalue weighted by Crippen LogP contribution is -2.01. The maximum Gasteiger partial charge on any atom is 0.344 e. The molecule has 0 unspecified atom stereocenters. The Balaban J connectivity index is 3.17. The van der Waals surface area contributed by atoms with E-state index in [0.717, 1.165) is 11.5 Å². The molecule has 5 nitrogen and oxygen atoms in total. The Labute approximate surface area is 66.6 Å². The summed E-state index contributed by atoms with van der Waals surface area (Å²) in [5.74, 6) is -1.05. The minimum Gasteiger partial charge on any atom is -0.480 e. The predicted molar refractivity (Wildman–Crippen MR) is 40.0 cm³/mol. The summed E-state index contributed by atoms with van der Waals surface area (Å²) in [6, 6.07) is 0. The van der Waals surface area contributed by atoms with E-state index in [9.17, 15) is 4.79 Å². The van der Waals surface area contributed by atoms with Crippen LogP contribution >= 0.6 is 11.5 Å². The quantitative estimate of drug-likeness (QED) is 0.679. The van der Waals surface area contributed by atoms with Gasteiger partial charge in [0.15, 0.2) is 5.56 Å². The zero-order valence-electron chi connectivity index (χ0n) is 5.70. The summed E-state index contributed by atoms with van der Waals surface area (Å²) in [5.41, 5.74) is 5.26. The Morgan fingerprint density at radius 3 is 2.82 bits per heavy atom. The number of nitrogens with two attached hydrogens (primary N) is 1. The molecular formula is C5H6N2O3S. The number of carboxylic acids is 1. The van der Waals surface area contributed by atoms with Gasteiger partial charge in [0.25, 0.3) is 0 Å². The fraction of sp³-hybridized carbons (Fsp3) is 0.200. The summed E-state index contributed by atoms with van der Waals surface area (Å²) < 4.78 is 8.34. The Bertz CT molecular complexity index is 283. The van der Waals surface area contributed by atoms with Crippen molar-refractivity contribution in [2.75, 3.05) is 12.8 Å². The first-order chi connectivity index (χ1) is 5.16. The molecule has 60 valence electrons. The summed E-state index contributed by atoms with van der Waals surface area (Å²) in [7, 11) is 1.35. The molecule has 0 aromatic carbocycles. The number of ether oxygens (including phenoxy) is 1. The molecule has 0 saturated carbocycles. The van der Waals surface area contributed by atoms with Gasteiger partial charge in [0, 0.05) is 0 Å². The summed E-state index contributed by atoms with van der Waals surface area (Å²) in [6.07, 6.45) is 0. The Morgan fingerprint density at radius 2 is 2.45 bits per heavy atom. The van der Waals surface area contributed by atoms with E-state index >= 15 is 0 Å². The Kier molecular flexibility index (Phi) is 1.95. The Hall–Kier alpha value is -1.30. The van der Waals surface area contributed by atoms with E-state index in [0.29, 0.717) is 0 Å². The first kappa shape index (κ1) is 7.80. The second-order valence-corrected chi connectivity index (χ2v) is 2.54. The highest BCUT2D eigenvalue weighted by molar-refractivity contribution is 7.10.